The number of ether oxygens (including phenoxy) is 1. The number of rotatable bonds is 3. The second kappa shape index (κ2) is 3.75. The highest BCUT2D eigenvalue weighted by atomic mass is 16.5. The zero-order valence-corrected chi connectivity index (χ0v) is 8.37. The fraction of sp³-hybridized carbons (Fsp3) is 0.500. The number of aromatic nitrogens is 1. The lowest BCUT2D eigenvalue weighted by Gasteiger charge is -2.22. The van der Waals surface area contributed by atoms with Gasteiger partial charge in [0.1, 0.15) is 5.75 Å². The molecule has 0 saturated heterocycles. The first-order chi connectivity index (χ1) is 6.10. The van der Waals surface area contributed by atoms with Crippen LogP contribution in [0.5, 0.6) is 5.75 Å². The van der Waals surface area contributed by atoms with Crippen LogP contribution in [0.3, 0.4) is 0 Å². The maximum atomic E-state index is 5.66. The van der Waals surface area contributed by atoms with Gasteiger partial charge >= 0.3 is 0 Å². The summed E-state index contributed by atoms with van der Waals surface area (Å²) >= 11 is 0. The molecule has 0 aliphatic heterocycles. The van der Waals surface area contributed by atoms with Crippen LogP contribution in [0.1, 0.15) is 19.4 Å². The van der Waals surface area contributed by atoms with Crippen molar-refractivity contribution in [1.82, 2.24) is 4.98 Å². The van der Waals surface area contributed by atoms with Gasteiger partial charge in [-0.05, 0) is 11.6 Å². The first-order valence-corrected chi connectivity index (χ1v) is 4.30. The number of hydrogen-bond acceptors (Lipinski definition) is 3. The minimum Gasteiger partial charge on any atom is -0.495 e. The van der Waals surface area contributed by atoms with Gasteiger partial charge in [0, 0.05) is 18.2 Å². The van der Waals surface area contributed by atoms with Gasteiger partial charge in [-0.25, -0.2) is 0 Å². The third-order valence-electron chi connectivity index (χ3n) is 2.24. The van der Waals surface area contributed by atoms with Crippen molar-refractivity contribution in [3.05, 3.63) is 24.0 Å². The Morgan fingerprint density at radius 3 is 2.69 bits per heavy atom. The summed E-state index contributed by atoms with van der Waals surface area (Å²) < 4.78 is 5.09. The van der Waals surface area contributed by atoms with Crippen LogP contribution in [0.25, 0.3) is 0 Å². The van der Waals surface area contributed by atoms with E-state index in [0.717, 1.165) is 11.3 Å². The van der Waals surface area contributed by atoms with E-state index in [-0.39, 0.29) is 5.41 Å². The van der Waals surface area contributed by atoms with Gasteiger partial charge in [0.15, 0.2) is 0 Å². The van der Waals surface area contributed by atoms with Crippen LogP contribution in [0.15, 0.2) is 18.5 Å². The maximum Gasteiger partial charge on any atom is 0.137 e. The van der Waals surface area contributed by atoms with Crippen LogP contribution in [0.2, 0.25) is 0 Å². The summed E-state index contributed by atoms with van der Waals surface area (Å²) in [6.45, 7) is 4.77. The lowest BCUT2D eigenvalue weighted by molar-refractivity contribution is 0.409. The summed E-state index contributed by atoms with van der Waals surface area (Å²) in [5.41, 5.74) is 6.73. The molecule has 0 radical (unpaired) electrons. The molecule has 13 heavy (non-hydrogen) atoms. The Bertz CT molecular complexity index is 284. The third kappa shape index (κ3) is 2.18. The quantitative estimate of drug-likeness (QED) is 0.763. The smallest absolute Gasteiger partial charge is 0.137 e. The molecule has 72 valence electrons. The van der Waals surface area contributed by atoms with Crippen molar-refractivity contribution in [3.63, 3.8) is 0 Å². The largest absolute Gasteiger partial charge is 0.495 e. The summed E-state index contributed by atoms with van der Waals surface area (Å²) in [5, 5.41) is 0. The number of nitrogens with two attached hydrogens (primary N) is 1. The average Bonchev–Trinajstić information content (AvgIpc) is 2.18. The van der Waals surface area contributed by atoms with Crippen LogP contribution in [0, 0.1) is 0 Å². The topological polar surface area (TPSA) is 48.1 Å². The Balaban J connectivity index is 3.01. The maximum absolute atomic E-state index is 5.66. The standard InChI is InChI=1S/C10H16N2O/c1-10(2,7-11)8-4-9(13-3)6-12-5-8/h4-6H,7,11H2,1-3H3. The molecule has 0 aliphatic carbocycles. The Morgan fingerprint density at radius 1 is 1.46 bits per heavy atom. The zero-order chi connectivity index (χ0) is 9.90. The van der Waals surface area contributed by atoms with E-state index in [0.29, 0.717) is 6.54 Å². The fourth-order valence-corrected chi connectivity index (χ4v) is 1.02. The Hall–Kier alpha value is -1.09. The van der Waals surface area contributed by atoms with Crippen LogP contribution in [-0.4, -0.2) is 18.6 Å². The molecule has 1 rings (SSSR count). The number of methoxy groups -OCH3 is 1. The molecule has 1 aromatic rings. The highest BCUT2D eigenvalue weighted by Crippen LogP contribution is 2.23. The van der Waals surface area contributed by atoms with Gasteiger partial charge in [-0.1, -0.05) is 13.8 Å². The van der Waals surface area contributed by atoms with Crippen molar-refractivity contribution in [2.24, 2.45) is 5.73 Å². The third-order valence-corrected chi connectivity index (χ3v) is 2.24. The Labute approximate surface area is 78.9 Å². The predicted octanol–water partition coefficient (Wildman–Crippen LogP) is 1.33. The predicted molar refractivity (Wildman–Crippen MR) is 52.9 cm³/mol. The summed E-state index contributed by atoms with van der Waals surface area (Å²) in [4.78, 5) is 4.09. The molecule has 3 nitrogen and oxygen atoms in total. The van der Waals surface area contributed by atoms with Crippen molar-refractivity contribution >= 4 is 0 Å². The van der Waals surface area contributed by atoms with E-state index in [2.05, 4.69) is 18.8 Å². The van der Waals surface area contributed by atoms with E-state index in [9.17, 15) is 0 Å². The Kier molecular flexibility index (Phi) is 2.88. The van der Waals surface area contributed by atoms with Crippen LogP contribution < -0.4 is 10.5 Å². The van der Waals surface area contributed by atoms with Gasteiger partial charge < -0.3 is 10.5 Å². The first kappa shape index (κ1) is 9.99. The van der Waals surface area contributed by atoms with Crippen LogP contribution in [-0.2, 0) is 5.41 Å². The highest BCUT2D eigenvalue weighted by molar-refractivity contribution is 5.29. The van der Waals surface area contributed by atoms with Crippen molar-refractivity contribution < 1.29 is 4.74 Å². The molecular formula is C10H16N2O. The normalized spacial score (nSPS) is 11.4. The van der Waals surface area contributed by atoms with Crippen molar-refractivity contribution in [2.45, 2.75) is 19.3 Å². The summed E-state index contributed by atoms with van der Waals surface area (Å²) in [6, 6.07) is 1.97. The Morgan fingerprint density at radius 2 is 2.15 bits per heavy atom. The first-order valence-electron chi connectivity index (χ1n) is 4.30. The molecule has 2 N–H and O–H groups in total. The van der Waals surface area contributed by atoms with Crippen LogP contribution >= 0.6 is 0 Å². The van der Waals surface area contributed by atoms with Gasteiger partial charge in [-0.3, -0.25) is 4.98 Å². The van der Waals surface area contributed by atoms with E-state index < -0.39 is 0 Å². The fourth-order valence-electron chi connectivity index (χ4n) is 1.02. The molecule has 0 bridgehead atoms. The number of hydrogen-bond donors (Lipinski definition) is 1. The second-order valence-corrected chi connectivity index (χ2v) is 3.70. The zero-order valence-electron chi connectivity index (χ0n) is 8.37. The molecule has 0 unspecified atom stereocenters. The second-order valence-electron chi connectivity index (χ2n) is 3.70. The lowest BCUT2D eigenvalue weighted by atomic mass is 9.86. The molecule has 0 fully saturated rings. The van der Waals surface area contributed by atoms with Crippen molar-refractivity contribution in [1.29, 1.82) is 0 Å². The van der Waals surface area contributed by atoms with E-state index in [1.165, 1.54) is 0 Å². The molecule has 0 aliphatic rings. The molecule has 0 amide bonds. The molecular weight excluding hydrogens is 164 g/mol. The van der Waals surface area contributed by atoms with E-state index in [4.69, 9.17) is 10.5 Å². The monoisotopic (exact) mass is 180 g/mol. The van der Waals surface area contributed by atoms with Crippen molar-refractivity contribution in [2.75, 3.05) is 13.7 Å². The SMILES string of the molecule is COc1cncc(C(C)(C)CN)c1. The molecule has 3 heteroatoms. The molecule has 0 spiro atoms. The van der Waals surface area contributed by atoms with E-state index >= 15 is 0 Å². The lowest BCUT2D eigenvalue weighted by Crippen LogP contribution is -2.28. The molecule has 1 aromatic heterocycles. The number of nitrogens with zero attached hydrogens (tertiary/aromatic N) is 1. The molecule has 0 atom stereocenters. The van der Waals surface area contributed by atoms with Crippen molar-refractivity contribution in [3.8, 4) is 5.75 Å². The van der Waals surface area contributed by atoms with Gasteiger partial charge in [0.25, 0.3) is 0 Å². The van der Waals surface area contributed by atoms with Crippen LogP contribution in [0.4, 0.5) is 0 Å². The number of pyridine rings is 1. The average molecular weight is 180 g/mol. The molecule has 0 aromatic carbocycles. The minimum absolute atomic E-state index is 0.0401. The van der Waals surface area contributed by atoms with Gasteiger partial charge in [0.2, 0.25) is 0 Å². The highest BCUT2D eigenvalue weighted by Gasteiger charge is 2.19. The summed E-state index contributed by atoms with van der Waals surface area (Å²) in [7, 11) is 1.64. The molecule has 1 heterocycles. The van der Waals surface area contributed by atoms with E-state index in [1.54, 1.807) is 13.3 Å². The van der Waals surface area contributed by atoms with Gasteiger partial charge in [-0.2, -0.15) is 0 Å². The molecule has 0 saturated carbocycles. The summed E-state index contributed by atoms with van der Waals surface area (Å²) in [5.74, 6) is 0.777. The minimum atomic E-state index is -0.0401. The van der Waals surface area contributed by atoms with Gasteiger partial charge in [0.05, 0.1) is 13.3 Å². The van der Waals surface area contributed by atoms with E-state index in [1.807, 2.05) is 12.3 Å². The summed E-state index contributed by atoms with van der Waals surface area (Å²) in [6.07, 6.45) is 3.52. The van der Waals surface area contributed by atoms with Gasteiger partial charge in [-0.15, -0.1) is 0 Å².